The van der Waals surface area contributed by atoms with Crippen molar-refractivity contribution in [2.24, 2.45) is 0 Å². The number of aromatic hydroxyl groups is 2. The van der Waals surface area contributed by atoms with Crippen molar-refractivity contribution in [3.8, 4) is 23.0 Å². The molecular weight excluding hydrogens is 628 g/mol. The van der Waals surface area contributed by atoms with Gasteiger partial charge in [0.15, 0.2) is 0 Å². The number of hydrogen-bond donors (Lipinski definition) is 3. The molecule has 0 unspecified atom stereocenters. The van der Waals surface area contributed by atoms with Crippen LogP contribution in [-0.2, 0) is 31.2 Å². The van der Waals surface area contributed by atoms with Gasteiger partial charge in [0, 0.05) is 22.0 Å². The van der Waals surface area contributed by atoms with Crippen molar-refractivity contribution >= 4 is 5.97 Å². The third kappa shape index (κ3) is 8.62. The molecule has 0 aliphatic rings. The molecule has 268 valence electrons. The number of phenolic OH excluding ortho intramolecular Hbond substituents is 2. The molecule has 0 saturated carbocycles. The zero-order valence-corrected chi connectivity index (χ0v) is 31.1. The molecule has 7 heteroatoms. The summed E-state index contributed by atoms with van der Waals surface area (Å²) in [6.07, 6.45) is 0.0317. The molecular formula is C43H54O7. The predicted molar refractivity (Wildman–Crippen MR) is 199 cm³/mol. The fourth-order valence-corrected chi connectivity index (χ4v) is 6.50. The fraction of sp³-hybridized carbons (Fsp3) is 0.419. The molecule has 0 bridgehead atoms. The first kappa shape index (κ1) is 38.3. The second-order valence-corrected chi connectivity index (χ2v) is 15.7. The minimum atomic E-state index is -0.832. The zero-order chi connectivity index (χ0) is 36.9. The van der Waals surface area contributed by atoms with Crippen LogP contribution in [0.1, 0.15) is 102 Å². The van der Waals surface area contributed by atoms with E-state index in [9.17, 15) is 20.1 Å². The summed E-state index contributed by atoms with van der Waals surface area (Å²) in [4.78, 5) is 13.6. The maximum absolute atomic E-state index is 13.6. The van der Waals surface area contributed by atoms with Gasteiger partial charge < -0.3 is 29.5 Å². The Balaban J connectivity index is 1.56. The quantitative estimate of drug-likeness (QED) is 0.0957. The maximum atomic E-state index is 13.6. The zero-order valence-electron chi connectivity index (χ0n) is 31.1. The number of esters is 1. The van der Waals surface area contributed by atoms with Gasteiger partial charge in [-0.25, -0.2) is 0 Å². The molecule has 50 heavy (non-hydrogen) atoms. The van der Waals surface area contributed by atoms with Crippen molar-refractivity contribution in [1.82, 2.24) is 0 Å². The summed E-state index contributed by atoms with van der Waals surface area (Å²) in [5, 5.41) is 30.8. The van der Waals surface area contributed by atoms with Crippen LogP contribution in [0.5, 0.6) is 23.0 Å². The van der Waals surface area contributed by atoms with Gasteiger partial charge in [0.25, 0.3) is 0 Å². The average molecular weight is 683 g/mol. The number of rotatable bonds is 13. The van der Waals surface area contributed by atoms with Gasteiger partial charge >= 0.3 is 5.97 Å². The molecule has 0 spiro atoms. The lowest BCUT2D eigenvalue weighted by Crippen LogP contribution is -2.30. The molecule has 0 aliphatic heterocycles. The number of para-hydroxylation sites is 2. The fourth-order valence-electron chi connectivity index (χ4n) is 6.50. The largest absolute Gasteiger partial charge is 0.508 e. The number of aliphatic hydroxyl groups is 1. The highest BCUT2D eigenvalue weighted by molar-refractivity contribution is 5.73. The Labute approximate surface area is 297 Å². The van der Waals surface area contributed by atoms with E-state index in [2.05, 4.69) is 13.8 Å². The predicted octanol–water partition coefficient (Wildman–Crippen LogP) is 8.71. The third-order valence-electron chi connectivity index (χ3n) is 9.45. The maximum Gasteiger partial charge on any atom is 0.307 e. The van der Waals surface area contributed by atoms with Crippen molar-refractivity contribution in [3.05, 3.63) is 118 Å². The van der Waals surface area contributed by atoms with E-state index in [0.717, 1.165) is 33.4 Å². The van der Waals surface area contributed by atoms with Crippen LogP contribution >= 0.6 is 0 Å². The molecule has 0 fully saturated rings. The molecule has 3 N–H and O–H groups in total. The van der Waals surface area contributed by atoms with Crippen LogP contribution < -0.4 is 9.47 Å². The minimum absolute atomic E-state index is 0.0317. The minimum Gasteiger partial charge on any atom is -0.508 e. The molecule has 4 aromatic carbocycles. The molecule has 0 amide bonds. The summed E-state index contributed by atoms with van der Waals surface area (Å²) in [7, 11) is 0. The van der Waals surface area contributed by atoms with E-state index in [1.807, 2.05) is 121 Å². The molecule has 0 heterocycles. The van der Waals surface area contributed by atoms with Crippen LogP contribution in [0.25, 0.3) is 0 Å². The number of carbonyl (C=O) groups is 1. The van der Waals surface area contributed by atoms with Crippen LogP contribution in [0.15, 0.2) is 84.9 Å². The average Bonchev–Trinajstić information content (AvgIpc) is 3.05. The highest BCUT2D eigenvalue weighted by atomic mass is 16.6. The van der Waals surface area contributed by atoms with Crippen LogP contribution in [0.3, 0.4) is 0 Å². The first-order valence-electron chi connectivity index (χ1n) is 17.3. The standard InChI is InChI=1S/C43H54O7/c1-40(2,3)33-26-29(18-20-35(33)45)43(9,30-19-21-36(46)34(27-30)41(4,5)6)28-39(47)50-25-24-49-38-17-13-11-15-32(38)42(7,8)31-14-10-12-16-37(31)48-23-22-44/h10-21,26-27,44-46H,22-25,28H2,1-9H3. The normalized spacial score (nSPS) is 12.4. The first-order valence-corrected chi connectivity index (χ1v) is 17.3. The van der Waals surface area contributed by atoms with Gasteiger partial charge in [-0.05, 0) is 57.3 Å². The highest BCUT2D eigenvalue weighted by Gasteiger charge is 2.36. The summed E-state index contributed by atoms with van der Waals surface area (Å²) in [6.45, 7) is 18.8. The second-order valence-electron chi connectivity index (χ2n) is 15.7. The number of benzene rings is 4. The molecule has 0 atom stereocenters. The van der Waals surface area contributed by atoms with E-state index in [1.54, 1.807) is 12.1 Å². The molecule has 4 rings (SSSR count). The summed E-state index contributed by atoms with van der Waals surface area (Å²) in [5.41, 5.74) is 3.20. The Morgan fingerprint density at radius 1 is 0.580 bits per heavy atom. The SMILES string of the molecule is CC(C)(C)c1cc(C(C)(CC(=O)OCCOc2ccccc2C(C)(C)c2ccccc2OCCO)c2ccc(O)c(C(C)(C)C)c2)ccc1O. The van der Waals surface area contributed by atoms with Crippen LogP contribution in [-0.4, -0.2) is 47.7 Å². The smallest absolute Gasteiger partial charge is 0.307 e. The Bertz CT molecular complexity index is 1710. The Morgan fingerprint density at radius 3 is 1.46 bits per heavy atom. The van der Waals surface area contributed by atoms with Gasteiger partial charge in [-0.1, -0.05) is 123 Å². The highest BCUT2D eigenvalue weighted by Crippen LogP contribution is 2.44. The van der Waals surface area contributed by atoms with E-state index >= 15 is 0 Å². The topological polar surface area (TPSA) is 105 Å². The summed E-state index contributed by atoms with van der Waals surface area (Å²) >= 11 is 0. The van der Waals surface area contributed by atoms with Gasteiger partial charge in [0.2, 0.25) is 0 Å². The number of phenols is 2. The lowest BCUT2D eigenvalue weighted by atomic mass is 9.70. The first-order chi connectivity index (χ1) is 23.4. The van der Waals surface area contributed by atoms with Crippen molar-refractivity contribution < 1.29 is 34.3 Å². The van der Waals surface area contributed by atoms with Crippen LogP contribution in [0, 0.1) is 0 Å². The molecule has 0 aliphatic carbocycles. The van der Waals surface area contributed by atoms with Crippen molar-refractivity contribution in [1.29, 1.82) is 0 Å². The lowest BCUT2D eigenvalue weighted by molar-refractivity contribution is -0.145. The lowest BCUT2D eigenvalue weighted by Gasteiger charge is -2.33. The van der Waals surface area contributed by atoms with Gasteiger partial charge in [-0.2, -0.15) is 0 Å². The Morgan fingerprint density at radius 2 is 1.02 bits per heavy atom. The van der Waals surface area contributed by atoms with E-state index in [0.29, 0.717) is 11.5 Å². The van der Waals surface area contributed by atoms with Crippen LogP contribution in [0.2, 0.25) is 0 Å². The number of ether oxygens (including phenoxy) is 3. The van der Waals surface area contributed by atoms with E-state index in [-0.39, 0.29) is 55.2 Å². The number of carbonyl (C=O) groups excluding carboxylic acids is 1. The summed E-state index contributed by atoms with van der Waals surface area (Å²) in [6, 6.07) is 26.6. The van der Waals surface area contributed by atoms with Crippen LogP contribution in [0.4, 0.5) is 0 Å². The van der Waals surface area contributed by atoms with Gasteiger partial charge in [-0.3, -0.25) is 4.79 Å². The summed E-state index contributed by atoms with van der Waals surface area (Å²) < 4.78 is 17.9. The van der Waals surface area contributed by atoms with E-state index in [1.165, 1.54) is 0 Å². The second kappa shape index (κ2) is 15.2. The van der Waals surface area contributed by atoms with Crippen molar-refractivity contribution in [3.63, 3.8) is 0 Å². The monoisotopic (exact) mass is 682 g/mol. The molecule has 4 aromatic rings. The number of aliphatic hydroxyl groups excluding tert-OH is 1. The number of hydrogen-bond acceptors (Lipinski definition) is 7. The van der Waals surface area contributed by atoms with E-state index in [4.69, 9.17) is 14.2 Å². The van der Waals surface area contributed by atoms with Gasteiger partial charge in [-0.15, -0.1) is 0 Å². The third-order valence-corrected chi connectivity index (χ3v) is 9.45. The van der Waals surface area contributed by atoms with Gasteiger partial charge in [0.1, 0.15) is 42.8 Å². The Kier molecular flexibility index (Phi) is 11.6. The molecule has 7 nitrogen and oxygen atoms in total. The van der Waals surface area contributed by atoms with Crippen molar-refractivity contribution in [2.75, 3.05) is 26.4 Å². The van der Waals surface area contributed by atoms with Crippen molar-refractivity contribution in [2.45, 2.75) is 90.4 Å². The molecule has 0 aromatic heterocycles. The Hall–Kier alpha value is -4.49. The van der Waals surface area contributed by atoms with Gasteiger partial charge in [0.05, 0.1) is 13.0 Å². The molecule has 0 saturated heterocycles. The molecule has 0 radical (unpaired) electrons. The van der Waals surface area contributed by atoms with E-state index < -0.39 is 16.8 Å². The summed E-state index contributed by atoms with van der Waals surface area (Å²) in [5.74, 6) is 1.39.